The number of ether oxygens (including phenoxy) is 2. The quantitative estimate of drug-likeness (QED) is 0.835. The van der Waals surface area contributed by atoms with Crippen molar-refractivity contribution in [1.82, 2.24) is 0 Å². The van der Waals surface area contributed by atoms with Crippen LogP contribution in [0.1, 0.15) is 54.1 Å². The maximum Gasteiger partial charge on any atom is 0.161 e. The second-order valence-electron chi connectivity index (χ2n) is 6.66. The number of rotatable bonds is 3. The van der Waals surface area contributed by atoms with Crippen LogP contribution in [0.4, 0.5) is 0 Å². The summed E-state index contributed by atoms with van der Waals surface area (Å²) in [7, 11) is 3.36. The molecule has 0 radical (unpaired) electrons. The molecule has 1 fully saturated rings. The van der Waals surface area contributed by atoms with Crippen molar-refractivity contribution >= 4 is 5.71 Å². The van der Waals surface area contributed by atoms with Gasteiger partial charge in [-0.25, -0.2) is 0 Å². The van der Waals surface area contributed by atoms with Crippen molar-refractivity contribution in [3.05, 3.63) is 46.9 Å². The maximum absolute atomic E-state index is 5.77. The first kappa shape index (κ1) is 15.3. The number of hydrogen-bond donors (Lipinski definition) is 0. The lowest BCUT2D eigenvalue weighted by atomic mass is 9.75. The van der Waals surface area contributed by atoms with Gasteiger partial charge in [0.25, 0.3) is 0 Å². The number of benzene rings is 1. The van der Waals surface area contributed by atoms with Gasteiger partial charge in [0.05, 0.1) is 26.5 Å². The summed E-state index contributed by atoms with van der Waals surface area (Å²) in [5.74, 6) is 2.86. The third kappa shape index (κ3) is 2.32. The minimum absolute atomic E-state index is 0.337. The molecule has 1 aliphatic carbocycles. The molecule has 0 bridgehead atoms. The van der Waals surface area contributed by atoms with Crippen molar-refractivity contribution in [2.75, 3.05) is 14.2 Å². The fraction of sp³-hybridized carbons (Fsp3) is 0.450. The molecule has 4 heteroatoms. The van der Waals surface area contributed by atoms with E-state index in [0.717, 1.165) is 40.5 Å². The first-order valence-corrected chi connectivity index (χ1v) is 8.61. The number of methoxy groups -OCH3 is 2. The smallest absolute Gasteiger partial charge is 0.161 e. The van der Waals surface area contributed by atoms with Gasteiger partial charge in [-0.15, -0.1) is 0 Å². The van der Waals surface area contributed by atoms with Crippen molar-refractivity contribution in [3.63, 3.8) is 0 Å². The van der Waals surface area contributed by atoms with Crippen LogP contribution in [-0.2, 0) is 0 Å². The average Bonchev–Trinajstić information content (AvgIpc) is 3.05. The van der Waals surface area contributed by atoms with Gasteiger partial charge in [-0.05, 0) is 49.1 Å². The molecule has 0 spiro atoms. The Morgan fingerprint density at radius 1 is 1.08 bits per heavy atom. The molecule has 4 nitrogen and oxygen atoms in total. The van der Waals surface area contributed by atoms with Crippen molar-refractivity contribution in [3.8, 4) is 11.5 Å². The Kier molecular flexibility index (Phi) is 3.83. The molecule has 0 saturated heterocycles. The van der Waals surface area contributed by atoms with Gasteiger partial charge in [-0.1, -0.05) is 12.8 Å². The van der Waals surface area contributed by atoms with Crippen LogP contribution in [0.25, 0.3) is 0 Å². The highest BCUT2D eigenvalue weighted by atomic mass is 16.5. The van der Waals surface area contributed by atoms with Crippen LogP contribution in [-0.4, -0.2) is 26.0 Å². The maximum atomic E-state index is 5.77. The molecule has 2 aromatic rings. The monoisotopic (exact) mass is 325 g/mol. The molecule has 0 N–H and O–H groups in total. The lowest BCUT2D eigenvalue weighted by molar-refractivity contribution is 0.349. The lowest BCUT2D eigenvalue weighted by Crippen LogP contribution is -2.29. The van der Waals surface area contributed by atoms with E-state index in [1.807, 2.05) is 6.07 Å². The lowest BCUT2D eigenvalue weighted by Gasteiger charge is -2.35. The van der Waals surface area contributed by atoms with E-state index in [-0.39, 0.29) is 0 Å². The number of aryl methyl sites for hydroxylation is 1. The molecule has 1 aromatic carbocycles. The Balaban J connectivity index is 1.93. The van der Waals surface area contributed by atoms with Crippen molar-refractivity contribution < 1.29 is 13.9 Å². The first-order valence-electron chi connectivity index (χ1n) is 8.61. The summed E-state index contributed by atoms with van der Waals surface area (Å²) >= 11 is 0. The van der Waals surface area contributed by atoms with E-state index in [9.17, 15) is 0 Å². The molecule has 2 heterocycles. The third-order valence-corrected chi connectivity index (χ3v) is 5.31. The zero-order valence-electron chi connectivity index (χ0n) is 14.5. The highest BCUT2D eigenvalue weighted by Crippen LogP contribution is 2.44. The minimum atomic E-state index is 0.337. The summed E-state index contributed by atoms with van der Waals surface area (Å²) < 4.78 is 16.8. The highest BCUT2D eigenvalue weighted by molar-refractivity contribution is 6.14. The predicted molar refractivity (Wildman–Crippen MR) is 93.6 cm³/mol. The van der Waals surface area contributed by atoms with Crippen LogP contribution >= 0.6 is 0 Å². The number of furan rings is 1. The molecule has 24 heavy (non-hydrogen) atoms. The van der Waals surface area contributed by atoms with Crippen molar-refractivity contribution in [2.24, 2.45) is 4.99 Å². The average molecular weight is 325 g/mol. The van der Waals surface area contributed by atoms with Crippen LogP contribution < -0.4 is 9.47 Å². The largest absolute Gasteiger partial charge is 0.493 e. The van der Waals surface area contributed by atoms with Gasteiger partial charge in [0.15, 0.2) is 17.3 Å². The van der Waals surface area contributed by atoms with Crippen LogP contribution in [0, 0.1) is 6.92 Å². The van der Waals surface area contributed by atoms with E-state index in [4.69, 9.17) is 18.9 Å². The summed E-state index contributed by atoms with van der Waals surface area (Å²) in [5, 5.41) is 0. The SMILES string of the molecule is COc1cc2c(cc1OC)[C@@H]1CCCC[C@@H]1N=C2c1occc1C. The van der Waals surface area contributed by atoms with E-state index in [1.54, 1.807) is 20.5 Å². The number of fused-ring (bicyclic) bond motifs is 3. The molecule has 126 valence electrons. The number of nitrogens with zero attached hydrogens (tertiary/aromatic N) is 1. The van der Waals surface area contributed by atoms with Gasteiger partial charge in [0.1, 0.15) is 5.71 Å². The Labute approximate surface area is 142 Å². The van der Waals surface area contributed by atoms with Crippen molar-refractivity contribution in [1.29, 1.82) is 0 Å². The number of hydrogen-bond acceptors (Lipinski definition) is 4. The summed E-state index contributed by atoms with van der Waals surface area (Å²) in [6.45, 7) is 2.06. The molecule has 1 saturated carbocycles. The summed E-state index contributed by atoms with van der Waals surface area (Å²) in [6, 6.07) is 6.53. The third-order valence-electron chi connectivity index (χ3n) is 5.31. The molecule has 0 unspecified atom stereocenters. The molecular formula is C20H23NO3. The zero-order chi connectivity index (χ0) is 16.7. The molecular weight excluding hydrogens is 302 g/mol. The van der Waals surface area contributed by atoms with E-state index in [2.05, 4.69) is 19.1 Å². The van der Waals surface area contributed by atoms with Crippen molar-refractivity contribution in [2.45, 2.75) is 44.6 Å². The highest BCUT2D eigenvalue weighted by Gasteiger charge is 2.35. The molecule has 1 aromatic heterocycles. The predicted octanol–water partition coefficient (Wildman–Crippen LogP) is 4.48. The Bertz CT molecular complexity index is 790. The van der Waals surface area contributed by atoms with Gasteiger partial charge in [-0.3, -0.25) is 4.99 Å². The van der Waals surface area contributed by atoms with Gasteiger partial charge < -0.3 is 13.9 Å². The molecule has 4 rings (SSSR count). The van der Waals surface area contributed by atoms with E-state index in [1.165, 1.54) is 24.8 Å². The standard InChI is InChI=1S/C20H23NO3/c1-12-8-9-24-20(12)19-15-11-18(23-3)17(22-2)10-14(15)13-6-4-5-7-16(13)21-19/h8-11,13,16H,4-7H2,1-3H3/t13-,16-/m0/s1. The van der Waals surface area contributed by atoms with E-state index >= 15 is 0 Å². The topological polar surface area (TPSA) is 44.0 Å². The van der Waals surface area contributed by atoms with Gasteiger partial charge in [0.2, 0.25) is 0 Å². The summed E-state index contributed by atoms with van der Waals surface area (Å²) in [6.07, 6.45) is 6.57. The van der Waals surface area contributed by atoms with Crippen LogP contribution in [0.2, 0.25) is 0 Å². The van der Waals surface area contributed by atoms with E-state index in [0.29, 0.717) is 12.0 Å². The summed E-state index contributed by atoms with van der Waals surface area (Å²) in [5.41, 5.74) is 4.51. The first-order chi connectivity index (χ1) is 11.7. The second-order valence-corrected chi connectivity index (χ2v) is 6.66. The molecule has 0 amide bonds. The van der Waals surface area contributed by atoms with Crippen LogP contribution in [0.5, 0.6) is 11.5 Å². The molecule has 2 atom stereocenters. The van der Waals surface area contributed by atoms with Crippen LogP contribution in [0.3, 0.4) is 0 Å². The van der Waals surface area contributed by atoms with E-state index < -0.39 is 0 Å². The van der Waals surface area contributed by atoms with Gasteiger partial charge >= 0.3 is 0 Å². The van der Waals surface area contributed by atoms with Crippen LogP contribution in [0.15, 0.2) is 33.9 Å². The Morgan fingerprint density at radius 2 is 1.83 bits per heavy atom. The molecule has 2 aliphatic rings. The second kappa shape index (κ2) is 6.00. The van der Waals surface area contributed by atoms with Gasteiger partial charge in [0, 0.05) is 11.5 Å². The number of aliphatic imine (C=N–C) groups is 1. The molecule has 1 aliphatic heterocycles. The fourth-order valence-corrected chi connectivity index (χ4v) is 4.07. The Hall–Kier alpha value is -2.23. The Morgan fingerprint density at radius 3 is 2.54 bits per heavy atom. The minimum Gasteiger partial charge on any atom is -0.493 e. The summed E-state index contributed by atoms with van der Waals surface area (Å²) in [4.78, 5) is 5.11. The zero-order valence-corrected chi connectivity index (χ0v) is 14.5. The normalized spacial score (nSPS) is 22.4. The fourth-order valence-electron chi connectivity index (χ4n) is 4.07. The van der Waals surface area contributed by atoms with Gasteiger partial charge in [-0.2, -0.15) is 0 Å².